The number of halogens is 2. The fourth-order valence-corrected chi connectivity index (χ4v) is 1.72. The number of nitrogens with zero attached hydrogens (tertiary/aromatic N) is 2. The van der Waals surface area contributed by atoms with Gasteiger partial charge in [-0.2, -0.15) is 4.37 Å². The monoisotopic (exact) mass is 290 g/mol. The summed E-state index contributed by atoms with van der Waals surface area (Å²) in [5, 5.41) is 0.290. The Balaban J connectivity index is 2.19. The van der Waals surface area contributed by atoms with Crippen LogP contribution in [0, 0.1) is 0 Å². The summed E-state index contributed by atoms with van der Waals surface area (Å²) in [6.07, 6.45) is 0. The van der Waals surface area contributed by atoms with Crippen molar-refractivity contribution in [3.63, 3.8) is 0 Å². The van der Waals surface area contributed by atoms with Crippen molar-refractivity contribution < 1.29 is 4.74 Å². The summed E-state index contributed by atoms with van der Waals surface area (Å²) >= 11 is 10.1. The van der Waals surface area contributed by atoms with Gasteiger partial charge in [-0.25, -0.2) is 0 Å². The first-order valence-electron chi connectivity index (χ1n) is 3.67. The molecule has 2 aromatic rings. The van der Waals surface area contributed by atoms with E-state index in [1.165, 1.54) is 0 Å². The summed E-state index contributed by atoms with van der Waals surface area (Å²) in [5.41, 5.74) is 0. The summed E-state index contributed by atoms with van der Waals surface area (Å²) in [7, 11) is 0. The highest BCUT2D eigenvalue weighted by atomic mass is 79.9. The fraction of sp³-hybridized carbons (Fsp3) is 0. The van der Waals surface area contributed by atoms with Crippen LogP contribution in [-0.4, -0.2) is 8.75 Å². The molecule has 0 saturated carbocycles. The predicted octanol–water partition coefficient (Wildman–Crippen LogP) is 3.75. The van der Waals surface area contributed by atoms with Crippen molar-refractivity contribution in [1.82, 2.24) is 8.75 Å². The molecule has 0 saturated heterocycles. The van der Waals surface area contributed by atoms with Gasteiger partial charge >= 0.3 is 0 Å². The Morgan fingerprint density at radius 2 is 1.93 bits per heavy atom. The van der Waals surface area contributed by atoms with Crippen LogP contribution in [0.1, 0.15) is 0 Å². The molecule has 0 aliphatic heterocycles. The Kier molecular flexibility index (Phi) is 3.00. The van der Waals surface area contributed by atoms with E-state index in [1.54, 1.807) is 0 Å². The van der Waals surface area contributed by atoms with Gasteiger partial charge in [-0.1, -0.05) is 27.5 Å². The van der Waals surface area contributed by atoms with E-state index in [1.807, 2.05) is 24.3 Å². The van der Waals surface area contributed by atoms with E-state index in [0.29, 0.717) is 11.6 Å². The molecule has 6 heteroatoms. The van der Waals surface area contributed by atoms with Crippen LogP contribution in [0.4, 0.5) is 0 Å². The molecule has 1 aromatic carbocycles. The molecular weight excluding hydrogens is 288 g/mol. The molecule has 0 N–H and O–H groups in total. The third-order valence-corrected chi connectivity index (χ3v) is 2.84. The van der Waals surface area contributed by atoms with Crippen molar-refractivity contribution in [2.75, 3.05) is 0 Å². The first kappa shape index (κ1) is 9.89. The van der Waals surface area contributed by atoms with Crippen LogP contribution in [0.25, 0.3) is 0 Å². The Morgan fingerprint density at radius 3 is 2.50 bits per heavy atom. The highest BCUT2D eigenvalue weighted by Crippen LogP contribution is 2.27. The second kappa shape index (κ2) is 4.25. The lowest BCUT2D eigenvalue weighted by Crippen LogP contribution is -1.83. The van der Waals surface area contributed by atoms with Crippen molar-refractivity contribution in [3.05, 3.63) is 33.9 Å². The maximum atomic E-state index is 5.72. The molecule has 72 valence electrons. The molecule has 3 nitrogen and oxygen atoms in total. The fourth-order valence-electron chi connectivity index (χ4n) is 0.845. The average Bonchev–Trinajstić information content (AvgIpc) is 2.56. The van der Waals surface area contributed by atoms with Crippen LogP contribution < -0.4 is 4.74 Å². The minimum Gasteiger partial charge on any atom is -0.436 e. The third kappa shape index (κ3) is 2.23. The molecule has 0 amide bonds. The second-order valence-electron chi connectivity index (χ2n) is 2.42. The number of hydrogen-bond donors (Lipinski definition) is 0. The van der Waals surface area contributed by atoms with E-state index < -0.39 is 0 Å². The summed E-state index contributed by atoms with van der Waals surface area (Å²) in [4.78, 5) is 0. The summed E-state index contributed by atoms with van der Waals surface area (Å²) in [6, 6.07) is 7.39. The maximum absolute atomic E-state index is 5.72. The Morgan fingerprint density at radius 1 is 1.21 bits per heavy atom. The lowest BCUT2D eigenvalue weighted by atomic mass is 10.3. The normalized spacial score (nSPS) is 10.1. The van der Waals surface area contributed by atoms with Gasteiger partial charge in [0, 0.05) is 4.47 Å². The zero-order valence-electron chi connectivity index (χ0n) is 6.78. The van der Waals surface area contributed by atoms with Gasteiger partial charge in [0.1, 0.15) is 5.75 Å². The third-order valence-electron chi connectivity index (χ3n) is 1.45. The lowest BCUT2D eigenvalue weighted by molar-refractivity contribution is 0.468. The van der Waals surface area contributed by atoms with Crippen molar-refractivity contribution in [1.29, 1.82) is 0 Å². The van der Waals surface area contributed by atoms with E-state index in [2.05, 4.69) is 24.7 Å². The van der Waals surface area contributed by atoms with Crippen LogP contribution in [0.3, 0.4) is 0 Å². The second-order valence-corrected chi connectivity index (χ2v) is 4.22. The number of aromatic nitrogens is 2. The van der Waals surface area contributed by atoms with Gasteiger partial charge < -0.3 is 4.74 Å². The smallest absolute Gasteiger partial charge is 0.270 e. The predicted molar refractivity (Wildman–Crippen MR) is 59.1 cm³/mol. The van der Waals surface area contributed by atoms with Crippen LogP contribution in [0.5, 0.6) is 11.6 Å². The number of hydrogen-bond acceptors (Lipinski definition) is 4. The van der Waals surface area contributed by atoms with Crippen molar-refractivity contribution in [2.24, 2.45) is 0 Å². The average molecular weight is 292 g/mol. The van der Waals surface area contributed by atoms with Crippen LogP contribution >= 0.6 is 39.3 Å². The largest absolute Gasteiger partial charge is 0.436 e. The molecule has 0 bridgehead atoms. The minimum atomic E-state index is 0.290. The minimum absolute atomic E-state index is 0.290. The molecule has 1 aromatic heterocycles. The SMILES string of the molecule is Clc1nsnc1Oc1ccc(Br)cc1. The zero-order chi connectivity index (χ0) is 9.97. The van der Waals surface area contributed by atoms with Crippen molar-refractivity contribution >= 4 is 39.3 Å². The molecule has 0 unspecified atom stereocenters. The van der Waals surface area contributed by atoms with Gasteiger partial charge in [-0.05, 0) is 24.3 Å². The van der Waals surface area contributed by atoms with Gasteiger partial charge in [0.2, 0.25) is 5.15 Å². The van der Waals surface area contributed by atoms with Crippen LogP contribution in [0.2, 0.25) is 5.15 Å². The Labute approximate surface area is 98.1 Å². The van der Waals surface area contributed by atoms with E-state index in [-0.39, 0.29) is 5.15 Å². The summed E-state index contributed by atoms with van der Waals surface area (Å²) < 4.78 is 14.1. The molecule has 1 heterocycles. The van der Waals surface area contributed by atoms with Gasteiger partial charge in [-0.15, -0.1) is 4.37 Å². The molecule has 0 spiro atoms. The molecule has 0 atom stereocenters. The zero-order valence-corrected chi connectivity index (χ0v) is 9.93. The first-order valence-corrected chi connectivity index (χ1v) is 5.57. The first-order chi connectivity index (χ1) is 6.75. The van der Waals surface area contributed by atoms with E-state index in [0.717, 1.165) is 16.2 Å². The molecule has 2 rings (SSSR count). The van der Waals surface area contributed by atoms with Gasteiger partial charge in [0.25, 0.3) is 5.88 Å². The number of ether oxygens (including phenoxy) is 1. The molecule has 0 aliphatic rings. The molecule has 0 radical (unpaired) electrons. The van der Waals surface area contributed by atoms with Gasteiger partial charge in [-0.3, -0.25) is 0 Å². The molecule has 14 heavy (non-hydrogen) atoms. The molecule has 0 aliphatic carbocycles. The van der Waals surface area contributed by atoms with Gasteiger partial charge in [0.15, 0.2) is 0 Å². The van der Waals surface area contributed by atoms with Crippen LogP contribution in [-0.2, 0) is 0 Å². The van der Waals surface area contributed by atoms with E-state index in [4.69, 9.17) is 16.3 Å². The topological polar surface area (TPSA) is 35.0 Å². The molecule has 0 fully saturated rings. The number of benzene rings is 1. The lowest BCUT2D eigenvalue weighted by Gasteiger charge is -2.00. The maximum Gasteiger partial charge on any atom is 0.270 e. The Bertz CT molecular complexity index is 431. The summed E-state index contributed by atoms with van der Waals surface area (Å²) in [6.45, 7) is 0. The van der Waals surface area contributed by atoms with Crippen molar-refractivity contribution in [2.45, 2.75) is 0 Å². The summed E-state index contributed by atoms with van der Waals surface area (Å²) in [5.74, 6) is 1.03. The van der Waals surface area contributed by atoms with Crippen LogP contribution in [0.15, 0.2) is 28.7 Å². The Hall–Kier alpha value is -0.650. The quantitative estimate of drug-likeness (QED) is 0.845. The van der Waals surface area contributed by atoms with Crippen molar-refractivity contribution in [3.8, 4) is 11.6 Å². The molecular formula is C8H4BrClN2OS. The highest BCUT2D eigenvalue weighted by molar-refractivity contribution is 9.10. The van der Waals surface area contributed by atoms with E-state index in [9.17, 15) is 0 Å². The van der Waals surface area contributed by atoms with E-state index >= 15 is 0 Å². The van der Waals surface area contributed by atoms with Gasteiger partial charge in [0.05, 0.1) is 11.7 Å². The standard InChI is InChI=1S/C8H4BrClN2OS/c9-5-1-3-6(4-2-5)13-8-7(10)11-14-12-8/h1-4H. The number of rotatable bonds is 2. The highest BCUT2D eigenvalue weighted by Gasteiger charge is 2.06.